The topological polar surface area (TPSA) is 97.4 Å². The van der Waals surface area contributed by atoms with Gasteiger partial charge in [-0.2, -0.15) is 0 Å². The van der Waals surface area contributed by atoms with Gasteiger partial charge in [-0.25, -0.2) is 9.37 Å². The van der Waals surface area contributed by atoms with Crippen molar-refractivity contribution in [2.24, 2.45) is 0 Å². The van der Waals surface area contributed by atoms with E-state index in [1.54, 1.807) is 36.5 Å². The zero-order valence-electron chi connectivity index (χ0n) is 19.5. The molecule has 0 radical (unpaired) electrons. The molecular weight excluding hydrogens is 451 g/mol. The molecule has 1 amide bonds. The molecule has 0 aliphatic heterocycles. The molecule has 8 nitrogen and oxygen atoms in total. The maximum atomic E-state index is 13.8. The Balaban J connectivity index is 1.61. The van der Waals surface area contributed by atoms with E-state index in [1.165, 1.54) is 36.5 Å². The first-order valence-electron chi connectivity index (χ1n) is 11.2. The summed E-state index contributed by atoms with van der Waals surface area (Å²) >= 11 is 0. The van der Waals surface area contributed by atoms with Crippen LogP contribution in [0.25, 0.3) is 22.2 Å². The maximum Gasteiger partial charge on any atom is 0.325 e. The van der Waals surface area contributed by atoms with Crippen molar-refractivity contribution in [1.29, 1.82) is 0 Å². The van der Waals surface area contributed by atoms with Crippen molar-refractivity contribution in [2.45, 2.75) is 13.3 Å². The molecule has 1 N–H and O–H groups in total. The Hall–Kier alpha value is -4.27. The fourth-order valence-electron chi connectivity index (χ4n) is 3.82. The Bertz CT molecular complexity index is 1340. The molecule has 2 heterocycles. The van der Waals surface area contributed by atoms with Crippen LogP contribution in [0.3, 0.4) is 0 Å². The molecule has 4 aromatic rings. The quantitative estimate of drug-likeness (QED) is 0.367. The van der Waals surface area contributed by atoms with Crippen LogP contribution in [0, 0.1) is 5.82 Å². The molecule has 0 saturated carbocycles. The second-order valence-corrected chi connectivity index (χ2v) is 7.77. The number of halogens is 1. The van der Waals surface area contributed by atoms with Gasteiger partial charge in [0, 0.05) is 41.6 Å². The summed E-state index contributed by atoms with van der Waals surface area (Å²) in [5, 5.41) is 0.727. The molecule has 0 aliphatic carbocycles. The molecule has 0 unspecified atom stereocenters. The molecule has 0 fully saturated rings. The number of ether oxygens (including phenoxy) is 2. The van der Waals surface area contributed by atoms with Crippen molar-refractivity contribution in [3.63, 3.8) is 0 Å². The van der Waals surface area contributed by atoms with Crippen molar-refractivity contribution in [3.8, 4) is 17.0 Å². The van der Waals surface area contributed by atoms with E-state index in [2.05, 4.69) is 15.0 Å². The fourth-order valence-corrected chi connectivity index (χ4v) is 3.82. The molecule has 180 valence electrons. The van der Waals surface area contributed by atoms with Gasteiger partial charge in [0.05, 0.1) is 13.7 Å². The third kappa shape index (κ3) is 5.46. The Kier molecular flexibility index (Phi) is 7.35. The number of carbonyl (C=O) groups is 2. The highest BCUT2D eigenvalue weighted by atomic mass is 19.1. The zero-order chi connectivity index (χ0) is 24.8. The number of aromatic nitrogens is 3. The third-order valence-electron chi connectivity index (χ3n) is 5.55. The standard InChI is InChI=1S/C26H25FN4O4/c1-3-35-20-7-4-17(5-8-20)24-25(29-12-11-28-24)26(33)31(16-23(32)34-2)13-10-18-15-30-22-9-6-19(27)14-21(18)22/h4-9,11-12,14-15,30H,3,10,13,16H2,1-2H3. The summed E-state index contributed by atoms with van der Waals surface area (Å²) in [4.78, 5) is 38.8. The van der Waals surface area contributed by atoms with E-state index in [9.17, 15) is 14.0 Å². The van der Waals surface area contributed by atoms with Crippen LogP contribution in [0.15, 0.2) is 61.1 Å². The molecule has 2 aromatic heterocycles. The SMILES string of the molecule is CCOc1ccc(-c2nccnc2C(=O)N(CCc2c[nH]c3ccc(F)cc23)CC(=O)OC)cc1. The van der Waals surface area contributed by atoms with Gasteiger partial charge in [0.25, 0.3) is 5.91 Å². The Morgan fingerprint density at radius 1 is 1.09 bits per heavy atom. The fraction of sp³-hybridized carbons (Fsp3) is 0.231. The summed E-state index contributed by atoms with van der Waals surface area (Å²) in [5.74, 6) is -0.663. The van der Waals surface area contributed by atoms with E-state index in [1.807, 2.05) is 6.92 Å². The van der Waals surface area contributed by atoms with Gasteiger partial charge in [-0.1, -0.05) is 0 Å². The minimum Gasteiger partial charge on any atom is -0.494 e. The number of rotatable bonds is 9. The van der Waals surface area contributed by atoms with Gasteiger partial charge >= 0.3 is 5.97 Å². The Labute approximate surface area is 201 Å². The van der Waals surface area contributed by atoms with Crippen molar-refractivity contribution in [2.75, 3.05) is 26.8 Å². The summed E-state index contributed by atoms with van der Waals surface area (Å²) in [7, 11) is 1.26. The first-order chi connectivity index (χ1) is 17.0. The van der Waals surface area contributed by atoms with Gasteiger partial charge in [-0.3, -0.25) is 14.6 Å². The van der Waals surface area contributed by atoms with Gasteiger partial charge in [0.2, 0.25) is 0 Å². The molecular formula is C26H25FN4O4. The predicted molar refractivity (Wildman–Crippen MR) is 129 cm³/mol. The largest absolute Gasteiger partial charge is 0.494 e. The second-order valence-electron chi connectivity index (χ2n) is 7.77. The van der Waals surface area contributed by atoms with Crippen LogP contribution in [0.4, 0.5) is 4.39 Å². The van der Waals surface area contributed by atoms with Crippen LogP contribution < -0.4 is 4.74 Å². The molecule has 9 heteroatoms. The molecule has 0 aliphatic rings. The van der Waals surface area contributed by atoms with Gasteiger partial charge < -0.3 is 19.4 Å². The molecule has 4 rings (SSSR count). The van der Waals surface area contributed by atoms with Crippen LogP contribution in [0.5, 0.6) is 5.75 Å². The summed E-state index contributed by atoms with van der Waals surface area (Å²) in [6.07, 6.45) is 5.11. The number of esters is 1. The number of methoxy groups -OCH3 is 1. The molecule has 0 spiro atoms. The highest BCUT2D eigenvalue weighted by Crippen LogP contribution is 2.25. The van der Waals surface area contributed by atoms with E-state index >= 15 is 0 Å². The van der Waals surface area contributed by atoms with E-state index < -0.39 is 11.9 Å². The number of hydrogen-bond donors (Lipinski definition) is 1. The van der Waals surface area contributed by atoms with Crippen LogP contribution in [-0.4, -0.2) is 58.5 Å². The number of fused-ring (bicyclic) bond motifs is 1. The normalized spacial score (nSPS) is 10.8. The Morgan fingerprint density at radius 3 is 2.60 bits per heavy atom. The maximum absolute atomic E-state index is 13.8. The highest BCUT2D eigenvalue weighted by Gasteiger charge is 2.24. The molecule has 0 atom stereocenters. The zero-order valence-corrected chi connectivity index (χ0v) is 19.5. The predicted octanol–water partition coefficient (Wildman–Crippen LogP) is 4.02. The van der Waals surface area contributed by atoms with Gasteiger partial charge in [0.1, 0.15) is 23.8 Å². The first-order valence-corrected chi connectivity index (χ1v) is 11.2. The van der Waals surface area contributed by atoms with Crippen molar-refractivity contribution in [3.05, 3.63) is 78.1 Å². The number of nitrogens with one attached hydrogen (secondary N) is 1. The lowest BCUT2D eigenvalue weighted by molar-refractivity contribution is -0.141. The molecule has 2 aromatic carbocycles. The lowest BCUT2D eigenvalue weighted by Gasteiger charge is -2.22. The monoisotopic (exact) mass is 476 g/mol. The van der Waals surface area contributed by atoms with Crippen molar-refractivity contribution >= 4 is 22.8 Å². The average molecular weight is 477 g/mol. The van der Waals surface area contributed by atoms with Crippen molar-refractivity contribution in [1.82, 2.24) is 19.9 Å². The number of nitrogens with zero attached hydrogens (tertiary/aromatic N) is 3. The summed E-state index contributed by atoms with van der Waals surface area (Å²) in [6, 6.07) is 11.7. The lowest BCUT2D eigenvalue weighted by atomic mass is 10.1. The van der Waals surface area contributed by atoms with E-state index in [-0.39, 0.29) is 24.6 Å². The van der Waals surface area contributed by atoms with E-state index in [0.29, 0.717) is 30.0 Å². The molecule has 0 saturated heterocycles. The van der Waals surface area contributed by atoms with E-state index in [0.717, 1.165) is 16.5 Å². The van der Waals surface area contributed by atoms with Gasteiger partial charge in [-0.05, 0) is 61.4 Å². The average Bonchev–Trinajstić information content (AvgIpc) is 3.28. The number of amides is 1. The smallest absolute Gasteiger partial charge is 0.325 e. The lowest BCUT2D eigenvalue weighted by Crippen LogP contribution is -2.38. The van der Waals surface area contributed by atoms with E-state index in [4.69, 9.17) is 9.47 Å². The first kappa shape index (κ1) is 23.9. The second kappa shape index (κ2) is 10.8. The third-order valence-corrected chi connectivity index (χ3v) is 5.55. The number of H-pyrrole nitrogens is 1. The minimum atomic E-state index is -0.560. The number of hydrogen-bond acceptors (Lipinski definition) is 6. The Morgan fingerprint density at radius 2 is 1.86 bits per heavy atom. The van der Waals surface area contributed by atoms with Crippen LogP contribution >= 0.6 is 0 Å². The van der Waals surface area contributed by atoms with Crippen LogP contribution in [0.2, 0.25) is 0 Å². The van der Waals surface area contributed by atoms with Gasteiger partial charge in [-0.15, -0.1) is 0 Å². The minimum absolute atomic E-state index is 0.116. The highest BCUT2D eigenvalue weighted by molar-refractivity contribution is 5.99. The number of benzene rings is 2. The summed E-state index contributed by atoms with van der Waals surface area (Å²) in [5.41, 5.74) is 2.82. The molecule has 0 bridgehead atoms. The summed E-state index contributed by atoms with van der Waals surface area (Å²) in [6.45, 7) is 2.37. The molecule has 35 heavy (non-hydrogen) atoms. The van der Waals surface area contributed by atoms with Crippen molar-refractivity contribution < 1.29 is 23.5 Å². The van der Waals surface area contributed by atoms with Gasteiger partial charge in [0.15, 0.2) is 5.69 Å². The van der Waals surface area contributed by atoms with Crippen LogP contribution in [-0.2, 0) is 16.0 Å². The number of aromatic amines is 1. The van der Waals surface area contributed by atoms with Crippen LogP contribution in [0.1, 0.15) is 23.0 Å². The number of carbonyl (C=O) groups excluding carboxylic acids is 2. The summed E-state index contributed by atoms with van der Waals surface area (Å²) < 4.78 is 24.1.